The highest BCUT2D eigenvalue weighted by Crippen LogP contribution is 2.39. The number of pyridine rings is 2. The number of amides is 3. The molecule has 410 valence electrons. The number of benzene rings is 7. The molecule has 11 aromatic rings. The SMILES string of the molecule is CC(C)(C)OC(=O)Nc1ccc(C(=O)Nc2cccc(Nc3cc(-c4cn(-c5ccccc5)c5ccccc45)c(Cl)cn3)c2)cc1.Nc1ccc(C(=O)Nc2cccc(Nc3cc(-c4c[nH]c5ccccc45)c(Cl)cn3)c2)cc1.O=S=O. The van der Waals surface area contributed by atoms with Gasteiger partial charge in [-0.05, 0) is 142 Å². The molecule has 4 heterocycles. The Morgan fingerprint density at radius 1 is 0.549 bits per heavy atom. The van der Waals surface area contributed by atoms with Crippen molar-refractivity contribution in [2.45, 2.75) is 26.4 Å². The number of nitrogens with two attached hydrogens (primary N) is 1. The van der Waals surface area contributed by atoms with Crippen LogP contribution in [-0.4, -0.2) is 51.4 Å². The van der Waals surface area contributed by atoms with Crippen molar-refractivity contribution in [1.82, 2.24) is 19.5 Å². The van der Waals surface area contributed by atoms with Crippen LogP contribution in [0.1, 0.15) is 41.5 Å². The van der Waals surface area contributed by atoms with Crippen molar-refractivity contribution in [1.29, 1.82) is 0 Å². The summed E-state index contributed by atoms with van der Waals surface area (Å²) in [6.07, 6.45) is 6.76. The van der Waals surface area contributed by atoms with Crippen LogP contribution in [0.15, 0.2) is 213 Å². The number of ether oxygens (including phenoxy) is 1. The first-order chi connectivity index (χ1) is 39.6. The molecule has 16 nitrogen and oxygen atoms in total. The lowest BCUT2D eigenvalue weighted by Gasteiger charge is -2.19. The number of nitrogen functional groups attached to an aromatic ring is 1. The lowest BCUT2D eigenvalue weighted by molar-refractivity contribution is 0.0635. The third kappa shape index (κ3) is 14.4. The fourth-order valence-electron chi connectivity index (χ4n) is 8.73. The van der Waals surface area contributed by atoms with Crippen LogP contribution in [0.2, 0.25) is 10.0 Å². The Morgan fingerprint density at radius 2 is 1.05 bits per heavy atom. The summed E-state index contributed by atoms with van der Waals surface area (Å²) >= 11 is 12.4. The van der Waals surface area contributed by atoms with E-state index in [9.17, 15) is 14.4 Å². The second-order valence-corrected chi connectivity index (χ2v) is 20.3. The molecule has 0 atom stereocenters. The van der Waals surface area contributed by atoms with Gasteiger partial charge in [0.25, 0.3) is 11.8 Å². The first-order valence-corrected chi connectivity index (χ1v) is 26.8. The second kappa shape index (κ2) is 25.8. The van der Waals surface area contributed by atoms with E-state index in [4.69, 9.17) is 42.1 Å². The summed E-state index contributed by atoms with van der Waals surface area (Å²) in [5.74, 6) is 0.746. The van der Waals surface area contributed by atoms with Crippen molar-refractivity contribution in [2.75, 3.05) is 32.3 Å². The van der Waals surface area contributed by atoms with Gasteiger partial charge in [-0.25, -0.2) is 14.8 Å². The first kappa shape index (κ1) is 56.6. The van der Waals surface area contributed by atoms with E-state index in [1.54, 1.807) is 87.8 Å². The van der Waals surface area contributed by atoms with E-state index in [-0.39, 0.29) is 11.8 Å². The number of para-hydroxylation sites is 3. The lowest BCUT2D eigenvalue weighted by Crippen LogP contribution is -2.27. The molecule has 11 rings (SSSR count). The maximum Gasteiger partial charge on any atom is 0.412 e. The molecular formula is C63H52Cl2N10O6S. The molecule has 19 heteroatoms. The highest BCUT2D eigenvalue weighted by atomic mass is 35.5. The number of nitrogens with zero attached hydrogens (tertiary/aromatic N) is 3. The van der Waals surface area contributed by atoms with Crippen molar-refractivity contribution in [2.24, 2.45) is 0 Å². The van der Waals surface area contributed by atoms with Gasteiger partial charge in [0.05, 0.1) is 15.6 Å². The topological polar surface area (TPSA) is 227 Å². The maximum atomic E-state index is 13.0. The summed E-state index contributed by atoms with van der Waals surface area (Å²) in [5, 5.41) is 18.4. The minimum absolute atomic E-state index is 0.210. The number of aromatic nitrogens is 4. The highest BCUT2D eigenvalue weighted by molar-refractivity contribution is 7.51. The molecule has 0 aliphatic heterocycles. The molecule has 82 heavy (non-hydrogen) atoms. The molecule has 0 saturated carbocycles. The van der Waals surface area contributed by atoms with Crippen LogP contribution in [0.4, 0.5) is 50.6 Å². The van der Waals surface area contributed by atoms with Gasteiger partial charge in [0, 0.05) is 114 Å². The predicted molar refractivity (Wildman–Crippen MR) is 329 cm³/mol. The number of halogens is 2. The van der Waals surface area contributed by atoms with Crippen LogP contribution in [0.25, 0.3) is 49.7 Å². The van der Waals surface area contributed by atoms with Crippen molar-refractivity contribution in [3.63, 3.8) is 0 Å². The summed E-state index contributed by atoms with van der Waals surface area (Å²) < 4.78 is 24.0. The van der Waals surface area contributed by atoms with Crippen LogP contribution >= 0.6 is 23.2 Å². The fraction of sp³-hybridized carbons (Fsp3) is 0.0635. The number of aromatic amines is 1. The number of carbonyl (C=O) groups is 3. The minimum atomic E-state index is -0.750. The monoisotopic (exact) mass is 1150 g/mol. The summed E-state index contributed by atoms with van der Waals surface area (Å²) in [5.41, 5.74) is 16.9. The van der Waals surface area contributed by atoms with Crippen molar-refractivity contribution in [3.8, 4) is 27.9 Å². The summed E-state index contributed by atoms with van der Waals surface area (Å²) in [6.45, 7) is 5.38. The molecule has 0 bridgehead atoms. The van der Waals surface area contributed by atoms with E-state index in [0.717, 1.165) is 61.1 Å². The summed E-state index contributed by atoms with van der Waals surface area (Å²) in [7, 11) is 0. The molecule has 4 aromatic heterocycles. The van der Waals surface area contributed by atoms with E-state index >= 15 is 0 Å². The number of anilines is 8. The van der Waals surface area contributed by atoms with E-state index in [1.807, 2.05) is 109 Å². The smallest absolute Gasteiger partial charge is 0.412 e. The molecule has 0 saturated heterocycles. The third-order valence-electron chi connectivity index (χ3n) is 12.4. The number of carbonyl (C=O) groups excluding carboxylic acids is 3. The number of hydrogen-bond donors (Lipinski definition) is 7. The van der Waals surface area contributed by atoms with Gasteiger partial charge in [-0.1, -0.05) is 89.9 Å². The van der Waals surface area contributed by atoms with Crippen LogP contribution in [-0.2, 0) is 16.3 Å². The summed E-state index contributed by atoms with van der Waals surface area (Å²) in [4.78, 5) is 49.7. The van der Waals surface area contributed by atoms with E-state index in [1.165, 1.54) is 0 Å². The van der Waals surface area contributed by atoms with Crippen LogP contribution in [0, 0.1) is 0 Å². The number of H-pyrrole nitrogens is 1. The molecule has 0 radical (unpaired) electrons. The van der Waals surface area contributed by atoms with Crippen LogP contribution in [0.3, 0.4) is 0 Å². The Morgan fingerprint density at radius 3 is 1.62 bits per heavy atom. The minimum Gasteiger partial charge on any atom is -0.444 e. The number of rotatable bonds is 12. The quantitative estimate of drug-likeness (QED) is 0.0569. The van der Waals surface area contributed by atoms with Gasteiger partial charge < -0.3 is 41.3 Å². The third-order valence-corrected chi connectivity index (χ3v) is 13.0. The largest absolute Gasteiger partial charge is 0.444 e. The molecule has 0 spiro atoms. The molecule has 0 unspecified atom stereocenters. The Hall–Kier alpha value is -10.1. The molecule has 0 fully saturated rings. The molecule has 3 amide bonds. The average molecular weight is 1150 g/mol. The van der Waals surface area contributed by atoms with Crippen molar-refractivity contribution in [3.05, 3.63) is 234 Å². The molecule has 0 aliphatic carbocycles. The van der Waals surface area contributed by atoms with Gasteiger partial charge in [0.2, 0.25) is 0 Å². The maximum absolute atomic E-state index is 13.0. The van der Waals surface area contributed by atoms with Gasteiger partial charge in [-0.2, -0.15) is 8.42 Å². The Balaban J connectivity index is 0.000000198. The Bertz CT molecular complexity index is 4130. The Kier molecular flexibility index (Phi) is 17.8. The molecule has 0 aliphatic rings. The second-order valence-electron chi connectivity index (χ2n) is 19.3. The van der Waals surface area contributed by atoms with Gasteiger partial charge >= 0.3 is 17.7 Å². The standard InChI is InChI=1S/C37H32ClN5O3.C26H20ClN5O.O2S/c1-37(2,3)46-36(45)42-25-18-16-24(17-19-25)35(44)41-27-11-9-10-26(20-27)40-34-21-30(32(38)22-39-34)31-23-43(28-12-5-4-6-13-28)33-15-8-7-14-29(31)33;27-23-15-30-25(13-21(23)22-14-29-24-7-2-1-6-20(22)24)31-18-4-3-5-19(12-18)32-26(33)16-8-10-17(28)11-9-16;1-3-2/h4-23H,1-3H3,(H,39,40)(H,41,44)(H,42,45);1-15,29H,28H2,(H,30,31)(H,32,33);. The number of hydrogen-bond acceptors (Lipinski definition) is 11. The zero-order valence-corrected chi connectivity index (χ0v) is 46.6. The van der Waals surface area contributed by atoms with Crippen molar-refractivity contribution >= 4 is 120 Å². The molecule has 8 N–H and O–H groups in total. The van der Waals surface area contributed by atoms with Gasteiger partial charge in [0.1, 0.15) is 17.2 Å². The van der Waals surface area contributed by atoms with Crippen LogP contribution in [0.5, 0.6) is 0 Å². The van der Waals surface area contributed by atoms with Crippen molar-refractivity contribution < 1.29 is 27.5 Å². The van der Waals surface area contributed by atoms with Gasteiger partial charge in [-0.15, -0.1) is 0 Å². The molecule has 7 aromatic carbocycles. The lowest BCUT2D eigenvalue weighted by atomic mass is 10.1. The van der Waals surface area contributed by atoms with E-state index in [0.29, 0.717) is 55.6 Å². The normalized spacial score (nSPS) is 10.8. The van der Waals surface area contributed by atoms with Gasteiger partial charge in [0.15, 0.2) is 0 Å². The fourth-order valence-corrected chi connectivity index (χ4v) is 9.14. The predicted octanol–water partition coefficient (Wildman–Crippen LogP) is 15.5. The van der Waals surface area contributed by atoms with E-state index in [2.05, 4.69) is 82.6 Å². The first-order valence-electron chi connectivity index (χ1n) is 25.4. The van der Waals surface area contributed by atoms with Crippen LogP contribution < -0.4 is 32.3 Å². The Labute approximate surface area is 485 Å². The van der Waals surface area contributed by atoms with Gasteiger partial charge in [-0.3, -0.25) is 14.9 Å². The highest BCUT2D eigenvalue weighted by Gasteiger charge is 2.19. The average Bonchev–Trinajstić information content (AvgIpc) is 3.97. The van der Waals surface area contributed by atoms with E-state index < -0.39 is 23.3 Å². The number of nitrogens with one attached hydrogen (secondary N) is 6. The summed E-state index contributed by atoms with van der Waals surface area (Å²) in [6, 6.07) is 58.5. The molecular weight excluding hydrogens is 1100 g/mol. The number of fused-ring (bicyclic) bond motifs is 2. The zero-order chi connectivity index (χ0) is 57.8. The zero-order valence-electron chi connectivity index (χ0n) is 44.2.